The zero-order chi connectivity index (χ0) is 27.4. The van der Waals surface area contributed by atoms with Crippen LogP contribution >= 0.6 is 0 Å². The molecule has 0 unspecified atom stereocenters. The summed E-state index contributed by atoms with van der Waals surface area (Å²) in [7, 11) is 0. The maximum absolute atomic E-state index is 13.0. The van der Waals surface area contributed by atoms with E-state index in [9.17, 15) is 14.7 Å². The zero-order valence-electron chi connectivity index (χ0n) is 23.5. The minimum atomic E-state index is -1.15. The molecule has 6 heteroatoms. The third kappa shape index (κ3) is 6.57. The number of aliphatic carboxylic acids is 1. The lowest BCUT2D eigenvalue weighted by Crippen LogP contribution is -2.41. The molecule has 4 rings (SSSR count). The molecule has 0 radical (unpaired) electrons. The molecule has 0 saturated heterocycles. The van der Waals surface area contributed by atoms with Crippen LogP contribution in [0, 0.1) is 17.3 Å². The lowest BCUT2D eigenvalue weighted by Gasteiger charge is -2.38. The summed E-state index contributed by atoms with van der Waals surface area (Å²) in [4.78, 5) is 29.4. The number of carbonyl (C=O) groups excluding carboxylic acids is 1. The van der Waals surface area contributed by atoms with Gasteiger partial charge in [0, 0.05) is 11.1 Å². The summed E-state index contributed by atoms with van der Waals surface area (Å²) in [6, 6.07) is 6.68. The van der Waals surface area contributed by atoms with Gasteiger partial charge in [-0.25, -0.2) is 9.78 Å². The molecule has 2 fully saturated rings. The molecule has 2 aliphatic carbocycles. The fraction of sp³-hybridized carbons (Fsp3) is 0.594. The molecule has 1 amide bonds. The van der Waals surface area contributed by atoms with Crippen LogP contribution in [-0.2, 0) is 11.2 Å². The second kappa shape index (κ2) is 11.9. The zero-order valence-corrected chi connectivity index (χ0v) is 23.5. The van der Waals surface area contributed by atoms with E-state index in [1.807, 2.05) is 12.1 Å². The predicted molar refractivity (Wildman–Crippen MR) is 152 cm³/mol. The third-order valence-electron chi connectivity index (χ3n) is 9.08. The van der Waals surface area contributed by atoms with Crippen LogP contribution in [0.1, 0.15) is 102 Å². The van der Waals surface area contributed by atoms with Crippen LogP contribution in [0.15, 0.2) is 36.4 Å². The monoisotopic (exact) mass is 520 g/mol. The van der Waals surface area contributed by atoms with Gasteiger partial charge in [-0.1, -0.05) is 65.5 Å². The van der Waals surface area contributed by atoms with Crippen molar-refractivity contribution in [1.29, 1.82) is 0 Å². The van der Waals surface area contributed by atoms with E-state index in [-0.39, 0.29) is 11.8 Å². The third-order valence-corrected chi connectivity index (χ3v) is 9.08. The normalized spacial score (nSPS) is 21.3. The summed E-state index contributed by atoms with van der Waals surface area (Å²) >= 11 is 0. The molecular weight excluding hydrogens is 476 g/mol. The van der Waals surface area contributed by atoms with Crippen molar-refractivity contribution in [3.05, 3.63) is 47.8 Å². The molecule has 0 aliphatic heterocycles. The van der Waals surface area contributed by atoms with Crippen molar-refractivity contribution in [3.8, 4) is 5.75 Å². The number of pyridine rings is 1. The Morgan fingerprint density at radius 2 is 1.82 bits per heavy atom. The van der Waals surface area contributed by atoms with Crippen LogP contribution in [0.3, 0.4) is 0 Å². The number of hydrogen-bond donors (Lipinski definition) is 2. The Morgan fingerprint density at radius 1 is 1.13 bits per heavy atom. The van der Waals surface area contributed by atoms with E-state index >= 15 is 0 Å². The Kier molecular flexibility index (Phi) is 8.79. The van der Waals surface area contributed by atoms with Crippen molar-refractivity contribution < 1.29 is 19.4 Å². The minimum absolute atomic E-state index is 0.225. The number of carboxylic acids is 1. The number of fused-ring (bicyclic) bond motifs is 1. The number of amides is 1. The van der Waals surface area contributed by atoms with Gasteiger partial charge < -0.3 is 15.2 Å². The molecule has 0 spiro atoms. The highest BCUT2D eigenvalue weighted by atomic mass is 16.5. The maximum atomic E-state index is 13.0. The number of carboxylic acid groups (broad SMARTS) is 1. The molecule has 2 saturated carbocycles. The predicted octanol–water partition coefficient (Wildman–Crippen LogP) is 7.10. The van der Waals surface area contributed by atoms with Crippen molar-refractivity contribution in [3.63, 3.8) is 0 Å². The number of nitrogens with one attached hydrogen (secondary N) is 1. The first-order valence-corrected chi connectivity index (χ1v) is 14.4. The maximum Gasteiger partial charge on any atom is 0.330 e. The Balaban J connectivity index is 1.57. The molecule has 6 nitrogen and oxygen atoms in total. The number of benzene rings is 1. The van der Waals surface area contributed by atoms with E-state index < -0.39 is 17.9 Å². The summed E-state index contributed by atoms with van der Waals surface area (Å²) in [5.41, 5.74) is 1.88. The molecule has 2 aliphatic rings. The first kappa shape index (κ1) is 28.1. The smallest absolute Gasteiger partial charge is 0.330 e. The lowest BCUT2D eigenvalue weighted by atomic mass is 9.69. The van der Waals surface area contributed by atoms with Gasteiger partial charge in [0.1, 0.15) is 17.5 Å². The van der Waals surface area contributed by atoms with Crippen molar-refractivity contribution >= 4 is 22.6 Å². The standard InChI is InChI=1S/C32H44N2O4/c1-6-32(4,5)23-12-15-24(16-13-23)38-25-14-11-22-18-28(30(35)34-29(20(2)3)31(36)37)33-27(26(22)19-25)17-21-9-7-8-10-21/h11,14,18-19,21,23-24,29H,2,6-10,12-13,15-17H2,1,3-5H3,(H,34,35)(H,36,37)/t23?,24?,29-/m1/s1. The Bertz CT molecular complexity index is 1160. The molecule has 206 valence electrons. The van der Waals surface area contributed by atoms with Crippen molar-refractivity contribution in [2.24, 2.45) is 17.3 Å². The van der Waals surface area contributed by atoms with Crippen molar-refractivity contribution in [1.82, 2.24) is 10.3 Å². The Labute approximate surface area is 227 Å². The number of hydrogen-bond acceptors (Lipinski definition) is 4. The Morgan fingerprint density at radius 3 is 2.42 bits per heavy atom. The molecule has 1 aromatic carbocycles. The average molecular weight is 521 g/mol. The number of rotatable bonds is 10. The highest BCUT2D eigenvalue weighted by Gasteiger charge is 2.32. The van der Waals surface area contributed by atoms with Crippen LogP contribution in [0.2, 0.25) is 0 Å². The first-order valence-electron chi connectivity index (χ1n) is 14.4. The van der Waals surface area contributed by atoms with E-state index in [0.717, 1.165) is 47.4 Å². The van der Waals surface area contributed by atoms with Gasteiger partial charge in [0.05, 0.1) is 6.10 Å². The van der Waals surface area contributed by atoms with Gasteiger partial charge in [-0.2, -0.15) is 0 Å². The molecule has 1 atom stereocenters. The molecule has 1 aromatic heterocycles. The summed E-state index contributed by atoms with van der Waals surface area (Å²) in [5.74, 6) is 0.527. The second-order valence-corrected chi connectivity index (χ2v) is 12.2. The molecule has 2 N–H and O–H groups in total. The summed E-state index contributed by atoms with van der Waals surface area (Å²) in [6.45, 7) is 12.4. The first-order chi connectivity index (χ1) is 18.1. The van der Waals surface area contributed by atoms with Crippen LogP contribution in [-0.4, -0.2) is 34.1 Å². The van der Waals surface area contributed by atoms with E-state index in [1.165, 1.54) is 44.9 Å². The fourth-order valence-corrected chi connectivity index (χ4v) is 6.17. The molecule has 1 heterocycles. The van der Waals surface area contributed by atoms with E-state index in [1.54, 1.807) is 13.0 Å². The van der Waals surface area contributed by atoms with Crippen LogP contribution < -0.4 is 10.1 Å². The summed E-state index contributed by atoms with van der Waals surface area (Å²) in [6.07, 6.45) is 11.6. The molecule has 2 aromatic rings. The number of aromatic nitrogens is 1. The minimum Gasteiger partial charge on any atom is -0.490 e. The molecule has 0 bridgehead atoms. The number of carbonyl (C=O) groups is 2. The number of nitrogens with zero attached hydrogens (tertiary/aromatic N) is 1. The van der Waals surface area contributed by atoms with Crippen molar-refractivity contribution in [2.75, 3.05) is 0 Å². The average Bonchev–Trinajstić information content (AvgIpc) is 3.40. The van der Waals surface area contributed by atoms with Crippen LogP contribution in [0.4, 0.5) is 0 Å². The van der Waals surface area contributed by atoms with Gasteiger partial charge in [0.15, 0.2) is 0 Å². The van der Waals surface area contributed by atoms with Crippen LogP contribution in [0.5, 0.6) is 5.75 Å². The quantitative estimate of drug-likeness (QED) is 0.326. The number of ether oxygens (including phenoxy) is 1. The summed E-state index contributed by atoms with van der Waals surface area (Å²) < 4.78 is 6.48. The van der Waals surface area contributed by atoms with Gasteiger partial charge >= 0.3 is 5.97 Å². The summed E-state index contributed by atoms with van der Waals surface area (Å²) in [5, 5.41) is 14.0. The van der Waals surface area contributed by atoms with Gasteiger partial charge in [0.2, 0.25) is 0 Å². The topological polar surface area (TPSA) is 88.5 Å². The second-order valence-electron chi connectivity index (χ2n) is 12.2. The van der Waals surface area contributed by atoms with Gasteiger partial charge in [-0.15, -0.1) is 0 Å². The van der Waals surface area contributed by atoms with E-state index in [4.69, 9.17) is 9.72 Å². The van der Waals surface area contributed by atoms with E-state index in [0.29, 0.717) is 16.9 Å². The highest BCUT2D eigenvalue weighted by Crippen LogP contribution is 2.41. The molecule has 38 heavy (non-hydrogen) atoms. The molecular formula is C32H44N2O4. The largest absolute Gasteiger partial charge is 0.490 e. The van der Waals surface area contributed by atoms with Gasteiger partial charge in [-0.05, 0) is 85.4 Å². The van der Waals surface area contributed by atoms with Gasteiger partial charge in [-0.3, -0.25) is 4.79 Å². The lowest BCUT2D eigenvalue weighted by molar-refractivity contribution is -0.138. The van der Waals surface area contributed by atoms with Gasteiger partial charge in [0.25, 0.3) is 5.91 Å². The fourth-order valence-electron chi connectivity index (χ4n) is 6.17. The SMILES string of the molecule is C=C(C)[C@@H](NC(=O)c1cc2ccc(OC3CCC(C(C)(C)CC)CC3)cc2c(CC2CCCC2)n1)C(=O)O. The Hall–Kier alpha value is -2.89. The van der Waals surface area contributed by atoms with Crippen LogP contribution in [0.25, 0.3) is 10.8 Å². The van der Waals surface area contributed by atoms with Crippen molar-refractivity contribution in [2.45, 2.75) is 104 Å². The van der Waals surface area contributed by atoms with E-state index in [2.05, 4.69) is 38.7 Å². The highest BCUT2D eigenvalue weighted by molar-refractivity contribution is 5.99.